The summed E-state index contributed by atoms with van der Waals surface area (Å²) in [5.41, 5.74) is 0.620. The normalized spacial score (nSPS) is 13.4. The Hall–Kier alpha value is -2.13. The quantitative estimate of drug-likeness (QED) is 0.809. The number of oxazole rings is 1. The Morgan fingerprint density at radius 2 is 2.14 bits per heavy atom. The summed E-state index contributed by atoms with van der Waals surface area (Å²) in [4.78, 5) is 21.9. The number of hydrogen-bond acceptors (Lipinski definition) is 5. The lowest BCUT2D eigenvalue weighted by Gasteiger charge is -2.09. The number of fused-ring (bicyclic) bond motifs is 1. The molecule has 0 spiro atoms. The lowest BCUT2D eigenvalue weighted by atomic mass is 10.2. The van der Waals surface area contributed by atoms with Crippen molar-refractivity contribution in [2.24, 2.45) is 13.0 Å². The van der Waals surface area contributed by atoms with Gasteiger partial charge in [0.25, 0.3) is 0 Å². The predicted octanol–water partition coefficient (Wildman–Crippen LogP) is 0.130. The van der Waals surface area contributed by atoms with Crippen molar-refractivity contribution in [3.63, 3.8) is 0 Å². The Morgan fingerprint density at radius 3 is 2.76 bits per heavy atom. The van der Waals surface area contributed by atoms with Crippen LogP contribution in [0.5, 0.6) is 0 Å². The highest BCUT2D eigenvalue weighted by Crippen LogP contribution is 2.17. The first-order valence-corrected chi connectivity index (χ1v) is 7.53. The van der Waals surface area contributed by atoms with E-state index >= 15 is 0 Å². The number of aromatic nitrogens is 1. The van der Waals surface area contributed by atoms with Crippen LogP contribution in [-0.4, -0.2) is 30.6 Å². The standard InChI is InChI=1S/C12H14N2O6S/c1-7(11(15)16)6-13-21(18,19)8-3-4-9-10(5-8)20-12(17)14(9)2/h3-5,7,13H,6H2,1-2H3,(H,15,16). The molecule has 0 saturated carbocycles. The monoisotopic (exact) mass is 314 g/mol. The van der Waals surface area contributed by atoms with Gasteiger partial charge in [-0.05, 0) is 12.1 Å². The number of benzene rings is 1. The highest BCUT2D eigenvalue weighted by atomic mass is 32.2. The van der Waals surface area contributed by atoms with Gasteiger partial charge in [-0.15, -0.1) is 0 Å². The summed E-state index contributed by atoms with van der Waals surface area (Å²) < 4.78 is 32.5. The third-order valence-corrected chi connectivity index (χ3v) is 4.50. The fraction of sp³-hybridized carbons (Fsp3) is 0.333. The van der Waals surface area contributed by atoms with Gasteiger partial charge in [-0.2, -0.15) is 0 Å². The van der Waals surface area contributed by atoms with Crippen molar-refractivity contribution in [3.05, 3.63) is 28.7 Å². The number of carboxylic acids is 1. The Bertz CT molecular complexity index is 848. The molecular weight excluding hydrogens is 300 g/mol. The number of nitrogens with one attached hydrogen (secondary N) is 1. The van der Waals surface area contributed by atoms with Gasteiger partial charge < -0.3 is 9.52 Å². The second kappa shape index (κ2) is 5.34. The average Bonchev–Trinajstić information content (AvgIpc) is 2.71. The molecule has 0 amide bonds. The van der Waals surface area contributed by atoms with E-state index < -0.39 is 27.7 Å². The number of rotatable bonds is 5. The first kappa shape index (κ1) is 15.3. The Balaban J connectivity index is 2.32. The summed E-state index contributed by atoms with van der Waals surface area (Å²) in [7, 11) is -2.36. The maximum absolute atomic E-state index is 12.1. The number of hydrogen-bond donors (Lipinski definition) is 2. The average molecular weight is 314 g/mol. The molecular formula is C12H14N2O6S. The van der Waals surface area contributed by atoms with E-state index in [-0.39, 0.29) is 17.0 Å². The van der Waals surface area contributed by atoms with Gasteiger partial charge in [0.1, 0.15) is 0 Å². The van der Waals surface area contributed by atoms with Gasteiger partial charge in [0.05, 0.1) is 16.3 Å². The Labute approximate surface area is 120 Å². The molecule has 0 aliphatic carbocycles. The maximum Gasteiger partial charge on any atom is 0.419 e. The number of aliphatic carboxylic acids is 1. The molecule has 0 saturated heterocycles. The molecule has 0 aliphatic rings. The molecule has 1 heterocycles. The number of carbonyl (C=O) groups is 1. The first-order valence-electron chi connectivity index (χ1n) is 6.04. The fourth-order valence-corrected chi connectivity index (χ4v) is 2.83. The van der Waals surface area contributed by atoms with E-state index in [9.17, 15) is 18.0 Å². The van der Waals surface area contributed by atoms with E-state index in [1.54, 1.807) is 0 Å². The largest absolute Gasteiger partial charge is 0.481 e. The molecule has 1 aromatic carbocycles. The molecule has 2 aromatic rings. The van der Waals surface area contributed by atoms with Crippen LogP contribution in [0.25, 0.3) is 11.1 Å². The minimum absolute atomic E-state index is 0.0954. The van der Waals surface area contributed by atoms with Crippen molar-refractivity contribution in [1.29, 1.82) is 0 Å². The minimum atomic E-state index is -3.87. The van der Waals surface area contributed by atoms with Crippen LogP contribution in [0, 0.1) is 5.92 Å². The SMILES string of the molecule is CC(CNS(=O)(=O)c1ccc2c(c1)oc(=O)n2C)C(=O)O. The van der Waals surface area contributed by atoms with Gasteiger partial charge in [-0.1, -0.05) is 6.92 Å². The van der Waals surface area contributed by atoms with Crippen molar-refractivity contribution in [3.8, 4) is 0 Å². The van der Waals surface area contributed by atoms with E-state index in [0.29, 0.717) is 5.52 Å². The van der Waals surface area contributed by atoms with Crippen molar-refractivity contribution >= 4 is 27.1 Å². The molecule has 9 heteroatoms. The van der Waals surface area contributed by atoms with E-state index in [1.807, 2.05) is 0 Å². The Morgan fingerprint density at radius 1 is 1.48 bits per heavy atom. The van der Waals surface area contributed by atoms with Gasteiger partial charge >= 0.3 is 11.7 Å². The summed E-state index contributed by atoms with van der Waals surface area (Å²) in [6, 6.07) is 4.00. The van der Waals surface area contributed by atoms with Crippen molar-refractivity contribution in [1.82, 2.24) is 9.29 Å². The molecule has 1 aromatic heterocycles. The first-order chi connectivity index (χ1) is 9.72. The predicted molar refractivity (Wildman–Crippen MR) is 73.4 cm³/mol. The van der Waals surface area contributed by atoms with Crippen LogP contribution in [0.3, 0.4) is 0 Å². The van der Waals surface area contributed by atoms with Crippen LogP contribution >= 0.6 is 0 Å². The maximum atomic E-state index is 12.1. The van der Waals surface area contributed by atoms with Crippen LogP contribution in [0.4, 0.5) is 0 Å². The van der Waals surface area contributed by atoms with E-state index in [4.69, 9.17) is 9.52 Å². The van der Waals surface area contributed by atoms with Gasteiger partial charge in [0.15, 0.2) is 5.58 Å². The van der Waals surface area contributed by atoms with E-state index in [1.165, 1.54) is 36.7 Å². The molecule has 1 atom stereocenters. The van der Waals surface area contributed by atoms with E-state index in [0.717, 1.165) is 0 Å². The van der Waals surface area contributed by atoms with Crippen LogP contribution in [0.1, 0.15) is 6.92 Å². The summed E-state index contributed by atoms with van der Waals surface area (Å²) in [5.74, 6) is -2.53. The zero-order valence-corrected chi connectivity index (χ0v) is 12.2. The molecule has 0 radical (unpaired) electrons. The molecule has 2 N–H and O–H groups in total. The second-order valence-corrected chi connectivity index (χ2v) is 6.41. The van der Waals surface area contributed by atoms with Gasteiger partial charge in [0, 0.05) is 19.7 Å². The molecule has 1 unspecified atom stereocenters. The summed E-state index contributed by atoms with van der Waals surface area (Å²) in [5, 5.41) is 8.74. The lowest BCUT2D eigenvalue weighted by Crippen LogP contribution is -2.31. The minimum Gasteiger partial charge on any atom is -0.481 e. The van der Waals surface area contributed by atoms with Gasteiger partial charge in [-0.3, -0.25) is 9.36 Å². The molecule has 21 heavy (non-hydrogen) atoms. The Kier molecular flexibility index (Phi) is 3.88. The third-order valence-electron chi connectivity index (χ3n) is 3.08. The molecule has 8 nitrogen and oxygen atoms in total. The van der Waals surface area contributed by atoms with Crippen LogP contribution in [-0.2, 0) is 21.9 Å². The topological polar surface area (TPSA) is 119 Å². The van der Waals surface area contributed by atoms with Gasteiger partial charge in [0.2, 0.25) is 10.0 Å². The highest BCUT2D eigenvalue weighted by molar-refractivity contribution is 7.89. The van der Waals surface area contributed by atoms with Crippen molar-refractivity contribution in [2.75, 3.05) is 6.54 Å². The molecule has 0 fully saturated rings. The highest BCUT2D eigenvalue weighted by Gasteiger charge is 2.19. The van der Waals surface area contributed by atoms with E-state index in [2.05, 4.69) is 4.72 Å². The third kappa shape index (κ3) is 2.98. The summed E-state index contributed by atoms with van der Waals surface area (Å²) in [6.45, 7) is 1.17. The fourth-order valence-electron chi connectivity index (χ4n) is 1.69. The second-order valence-electron chi connectivity index (χ2n) is 4.65. The van der Waals surface area contributed by atoms with Gasteiger partial charge in [-0.25, -0.2) is 17.9 Å². The molecule has 114 valence electrons. The molecule has 0 bridgehead atoms. The van der Waals surface area contributed by atoms with Crippen LogP contribution < -0.4 is 10.5 Å². The van der Waals surface area contributed by atoms with Crippen molar-refractivity contribution in [2.45, 2.75) is 11.8 Å². The zero-order chi connectivity index (χ0) is 15.8. The smallest absolute Gasteiger partial charge is 0.419 e. The number of aryl methyl sites for hydroxylation is 1. The number of carboxylic acid groups (broad SMARTS) is 1. The molecule has 0 aliphatic heterocycles. The number of nitrogens with zero attached hydrogens (tertiary/aromatic N) is 1. The van der Waals surface area contributed by atoms with Crippen molar-refractivity contribution < 1.29 is 22.7 Å². The van der Waals surface area contributed by atoms with Crippen LogP contribution in [0.2, 0.25) is 0 Å². The number of sulfonamides is 1. The van der Waals surface area contributed by atoms with Crippen LogP contribution in [0.15, 0.2) is 32.3 Å². The lowest BCUT2D eigenvalue weighted by molar-refractivity contribution is -0.140. The summed E-state index contributed by atoms with van der Waals surface area (Å²) >= 11 is 0. The zero-order valence-electron chi connectivity index (χ0n) is 11.4. The summed E-state index contributed by atoms with van der Waals surface area (Å²) in [6.07, 6.45) is 0. The molecule has 2 rings (SSSR count).